The normalized spacial score (nSPS) is 10.6. The monoisotopic (exact) mass is 464 g/mol. The quantitative estimate of drug-likeness (QED) is 0.362. The molecule has 0 saturated carbocycles. The number of rotatable bonds is 7. The third-order valence-corrected chi connectivity index (χ3v) is 5.19. The number of methoxy groups -OCH3 is 2. The van der Waals surface area contributed by atoms with Crippen LogP contribution in [0.25, 0.3) is 10.9 Å². The molecule has 6 nitrogen and oxygen atoms in total. The van der Waals surface area contributed by atoms with Crippen LogP contribution in [-0.2, 0) is 6.54 Å². The molecule has 1 aromatic heterocycles. The molecule has 3 aromatic carbocycles. The van der Waals surface area contributed by atoms with E-state index < -0.39 is 0 Å². The zero-order valence-corrected chi connectivity index (χ0v) is 18.2. The zero-order valence-electron chi connectivity index (χ0n) is 16.6. The Morgan fingerprint density at radius 2 is 1.80 bits per heavy atom. The van der Waals surface area contributed by atoms with E-state index in [4.69, 9.17) is 9.47 Å². The molecule has 0 radical (unpaired) electrons. The molecule has 0 saturated heterocycles. The van der Waals surface area contributed by atoms with E-state index >= 15 is 0 Å². The number of ether oxygens (including phenoxy) is 2. The van der Waals surface area contributed by atoms with Crippen LogP contribution in [-0.4, -0.2) is 24.2 Å². The number of fused-ring (bicyclic) bond motifs is 1. The minimum absolute atomic E-state index is 0.591. The molecule has 0 aliphatic heterocycles. The SMILES string of the molecule is COc1ccc(OC)c(CNc2ccc3ncnc(Nc4cccc(Br)c4)c3c2)c1. The van der Waals surface area contributed by atoms with Gasteiger partial charge in [0.15, 0.2) is 0 Å². The average Bonchev–Trinajstić information content (AvgIpc) is 2.77. The van der Waals surface area contributed by atoms with Gasteiger partial charge in [-0.05, 0) is 54.6 Å². The fourth-order valence-electron chi connectivity index (χ4n) is 3.19. The second-order valence-electron chi connectivity index (χ2n) is 6.62. The molecule has 0 fully saturated rings. The minimum Gasteiger partial charge on any atom is -0.497 e. The zero-order chi connectivity index (χ0) is 20.9. The molecule has 0 spiro atoms. The number of nitrogens with zero attached hydrogens (tertiary/aromatic N) is 2. The van der Waals surface area contributed by atoms with Crippen LogP contribution in [0, 0.1) is 0 Å². The molecule has 1 heterocycles. The van der Waals surface area contributed by atoms with Gasteiger partial charge >= 0.3 is 0 Å². The molecule has 0 bridgehead atoms. The van der Waals surface area contributed by atoms with Crippen LogP contribution in [0.4, 0.5) is 17.2 Å². The number of nitrogens with one attached hydrogen (secondary N) is 2. The summed E-state index contributed by atoms with van der Waals surface area (Å²) in [5.74, 6) is 2.35. The van der Waals surface area contributed by atoms with Crippen molar-refractivity contribution in [1.29, 1.82) is 0 Å². The molecule has 4 aromatic rings. The number of benzene rings is 3. The molecule has 30 heavy (non-hydrogen) atoms. The Morgan fingerprint density at radius 3 is 2.60 bits per heavy atom. The van der Waals surface area contributed by atoms with Gasteiger partial charge in [0, 0.05) is 33.3 Å². The summed E-state index contributed by atoms with van der Waals surface area (Å²) < 4.78 is 11.8. The van der Waals surface area contributed by atoms with Gasteiger partial charge < -0.3 is 20.1 Å². The maximum absolute atomic E-state index is 5.47. The van der Waals surface area contributed by atoms with Crippen LogP contribution in [0.5, 0.6) is 11.5 Å². The van der Waals surface area contributed by atoms with Crippen LogP contribution in [0.2, 0.25) is 0 Å². The minimum atomic E-state index is 0.591. The van der Waals surface area contributed by atoms with E-state index in [1.807, 2.05) is 60.7 Å². The van der Waals surface area contributed by atoms with E-state index in [1.165, 1.54) is 0 Å². The molecule has 0 atom stereocenters. The summed E-state index contributed by atoms with van der Waals surface area (Å²) in [6.45, 7) is 0.591. The molecular weight excluding hydrogens is 444 g/mol. The van der Waals surface area contributed by atoms with Crippen molar-refractivity contribution in [3.8, 4) is 11.5 Å². The van der Waals surface area contributed by atoms with Crippen molar-refractivity contribution in [2.75, 3.05) is 24.9 Å². The number of aromatic nitrogens is 2. The molecule has 0 aliphatic rings. The molecular formula is C23H21BrN4O2. The molecule has 0 aliphatic carbocycles. The number of halogens is 1. The van der Waals surface area contributed by atoms with E-state index in [0.717, 1.165) is 49.6 Å². The highest BCUT2D eigenvalue weighted by atomic mass is 79.9. The number of anilines is 3. The Labute approximate surface area is 183 Å². The first-order valence-corrected chi connectivity index (χ1v) is 10.2. The maximum Gasteiger partial charge on any atom is 0.141 e. The largest absolute Gasteiger partial charge is 0.497 e. The van der Waals surface area contributed by atoms with Gasteiger partial charge in [-0.3, -0.25) is 0 Å². The van der Waals surface area contributed by atoms with Gasteiger partial charge in [0.25, 0.3) is 0 Å². The van der Waals surface area contributed by atoms with Crippen molar-refractivity contribution >= 4 is 44.0 Å². The van der Waals surface area contributed by atoms with E-state index in [-0.39, 0.29) is 0 Å². The van der Waals surface area contributed by atoms with E-state index in [1.54, 1.807) is 20.5 Å². The summed E-state index contributed by atoms with van der Waals surface area (Å²) in [7, 11) is 3.32. The summed E-state index contributed by atoms with van der Waals surface area (Å²) in [4.78, 5) is 8.83. The Hall–Kier alpha value is -3.32. The van der Waals surface area contributed by atoms with Crippen LogP contribution >= 0.6 is 15.9 Å². The highest BCUT2D eigenvalue weighted by Gasteiger charge is 2.08. The predicted octanol–water partition coefficient (Wildman–Crippen LogP) is 5.77. The average molecular weight is 465 g/mol. The van der Waals surface area contributed by atoms with Gasteiger partial charge in [0.05, 0.1) is 19.7 Å². The standard InChI is InChI=1S/C23H21BrN4O2/c1-29-19-7-9-22(30-2)15(10-19)13-25-17-6-8-21-20(12-17)23(27-14-26-21)28-18-5-3-4-16(24)11-18/h3-12,14,25H,13H2,1-2H3,(H,26,27,28). The second kappa shape index (κ2) is 9.00. The fourth-order valence-corrected chi connectivity index (χ4v) is 3.59. The van der Waals surface area contributed by atoms with Crippen LogP contribution < -0.4 is 20.1 Å². The van der Waals surface area contributed by atoms with Crippen molar-refractivity contribution < 1.29 is 9.47 Å². The van der Waals surface area contributed by atoms with Crippen LogP contribution in [0.3, 0.4) is 0 Å². The second-order valence-corrected chi connectivity index (χ2v) is 7.54. The lowest BCUT2D eigenvalue weighted by Gasteiger charge is -2.13. The lowest BCUT2D eigenvalue weighted by atomic mass is 10.1. The van der Waals surface area contributed by atoms with E-state index in [2.05, 4.69) is 36.5 Å². The summed E-state index contributed by atoms with van der Waals surface area (Å²) in [5, 5.41) is 7.76. The van der Waals surface area contributed by atoms with Crippen LogP contribution in [0.15, 0.2) is 71.5 Å². The van der Waals surface area contributed by atoms with Gasteiger partial charge in [-0.25, -0.2) is 9.97 Å². The summed E-state index contributed by atoms with van der Waals surface area (Å²) in [5.41, 5.74) is 3.78. The Morgan fingerprint density at radius 1 is 0.900 bits per heavy atom. The Balaban J connectivity index is 1.60. The van der Waals surface area contributed by atoms with Crippen molar-refractivity contribution in [3.63, 3.8) is 0 Å². The van der Waals surface area contributed by atoms with Gasteiger partial charge in [-0.2, -0.15) is 0 Å². The van der Waals surface area contributed by atoms with Crippen molar-refractivity contribution in [2.24, 2.45) is 0 Å². The van der Waals surface area contributed by atoms with Gasteiger partial charge in [0.2, 0.25) is 0 Å². The smallest absolute Gasteiger partial charge is 0.141 e. The third-order valence-electron chi connectivity index (χ3n) is 4.69. The fraction of sp³-hybridized carbons (Fsp3) is 0.130. The van der Waals surface area contributed by atoms with Crippen molar-refractivity contribution in [3.05, 3.63) is 77.0 Å². The number of hydrogen-bond acceptors (Lipinski definition) is 6. The first kappa shape index (κ1) is 20.0. The van der Waals surface area contributed by atoms with E-state index in [0.29, 0.717) is 6.54 Å². The molecule has 2 N–H and O–H groups in total. The van der Waals surface area contributed by atoms with E-state index in [9.17, 15) is 0 Å². The lowest BCUT2D eigenvalue weighted by molar-refractivity contribution is 0.399. The molecule has 0 amide bonds. The lowest BCUT2D eigenvalue weighted by Crippen LogP contribution is -2.03. The Bertz CT molecular complexity index is 1180. The maximum atomic E-state index is 5.47. The van der Waals surface area contributed by atoms with Crippen LogP contribution in [0.1, 0.15) is 5.56 Å². The highest BCUT2D eigenvalue weighted by molar-refractivity contribution is 9.10. The van der Waals surface area contributed by atoms with Gasteiger partial charge in [-0.1, -0.05) is 22.0 Å². The predicted molar refractivity (Wildman–Crippen MR) is 124 cm³/mol. The van der Waals surface area contributed by atoms with Crippen molar-refractivity contribution in [2.45, 2.75) is 6.54 Å². The summed E-state index contributed by atoms with van der Waals surface area (Å²) >= 11 is 3.50. The van der Waals surface area contributed by atoms with Crippen molar-refractivity contribution in [1.82, 2.24) is 9.97 Å². The summed E-state index contributed by atoms with van der Waals surface area (Å²) in [6, 6.07) is 19.8. The van der Waals surface area contributed by atoms with Gasteiger partial charge in [0.1, 0.15) is 23.6 Å². The number of hydrogen-bond donors (Lipinski definition) is 2. The first-order valence-electron chi connectivity index (χ1n) is 9.38. The van der Waals surface area contributed by atoms with Gasteiger partial charge in [-0.15, -0.1) is 0 Å². The first-order chi connectivity index (χ1) is 14.7. The topological polar surface area (TPSA) is 68.3 Å². The molecule has 152 valence electrons. The Kier molecular flexibility index (Phi) is 5.99. The molecule has 7 heteroatoms. The third kappa shape index (κ3) is 4.46. The molecule has 0 unspecified atom stereocenters. The highest BCUT2D eigenvalue weighted by Crippen LogP contribution is 2.28. The molecule has 4 rings (SSSR count). The summed E-state index contributed by atoms with van der Waals surface area (Å²) in [6.07, 6.45) is 1.57.